The normalized spacial score (nSPS) is 11.0. The van der Waals surface area contributed by atoms with Gasteiger partial charge < -0.3 is 5.73 Å². The molecule has 102 valence electrons. The lowest BCUT2D eigenvalue weighted by Gasteiger charge is -2.08. The molecule has 0 radical (unpaired) electrons. The van der Waals surface area contributed by atoms with Gasteiger partial charge in [-0.25, -0.2) is 13.4 Å². The first-order chi connectivity index (χ1) is 9.42. The van der Waals surface area contributed by atoms with E-state index in [4.69, 9.17) is 22.6 Å². The minimum atomic E-state index is -3.61. The van der Waals surface area contributed by atoms with Crippen LogP contribution in [-0.4, -0.2) is 13.4 Å². The zero-order valence-corrected chi connectivity index (χ0v) is 11.8. The second kappa shape index (κ2) is 5.49. The summed E-state index contributed by atoms with van der Waals surface area (Å²) in [4.78, 5) is 3.82. The van der Waals surface area contributed by atoms with Crippen LogP contribution in [0, 0.1) is 11.3 Å². The molecular formula is C13H10ClN3O2S. The number of pyridine rings is 1. The third kappa shape index (κ3) is 3.07. The van der Waals surface area contributed by atoms with Crippen LogP contribution in [0.2, 0.25) is 5.02 Å². The summed E-state index contributed by atoms with van der Waals surface area (Å²) in [5.41, 5.74) is 6.44. The second-order valence-electron chi connectivity index (χ2n) is 4.10. The highest BCUT2D eigenvalue weighted by molar-refractivity contribution is 7.90. The monoisotopic (exact) mass is 307 g/mol. The van der Waals surface area contributed by atoms with Gasteiger partial charge >= 0.3 is 0 Å². The van der Waals surface area contributed by atoms with Crippen molar-refractivity contribution < 1.29 is 8.42 Å². The molecule has 1 aromatic carbocycles. The molecule has 0 saturated heterocycles. The van der Waals surface area contributed by atoms with Crippen molar-refractivity contribution in [1.29, 1.82) is 5.26 Å². The Bertz CT molecular complexity index is 798. The molecule has 20 heavy (non-hydrogen) atoms. The number of nitrogens with zero attached hydrogens (tertiary/aromatic N) is 2. The summed E-state index contributed by atoms with van der Waals surface area (Å²) in [6, 6.07) is 9.08. The van der Waals surface area contributed by atoms with E-state index in [1.807, 2.05) is 6.07 Å². The van der Waals surface area contributed by atoms with Crippen molar-refractivity contribution in [3.63, 3.8) is 0 Å². The maximum absolute atomic E-state index is 12.3. The van der Waals surface area contributed by atoms with Crippen molar-refractivity contribution >= 4 is 27.1 Å². The molecular weight excluding hydrogens is 298 g/mol. The van der Waals surface area contributed by atoms with Crippen LogP contribution >= 0.6 is 11.6 Å². The number of nitrogen functional groups attached to an aromatic ring is 1. The third-order valence-corrected chi connectivity index (χ3v) is 4.59. The highest BCUT2D eigenvalue weighted by Crippen LogP contribution is 2.25. The standard InChI is InChI=1S/C13H10ClN3O2S/c14-10-1-2-13(12(16)6-10)20(18,19)8-9-3-4-17-11(5-9)7-15/h1-6H,8,16H2. The van der Waals surface area contributed by atoms with E-state index in [-0.39, 0.29) is 22.0 Å². The summed E-state index contributed by atoms with van der Waals surface area (Å²) in [5.74, 6) is -0.254. The fourth-order valence-corrected chi connectivity index (χ4v) is 3.37. The highest BCUT2D eigenvalue weighted by Gasteiger charge is 2.18. The summed E-state index contributed by atoms with van der Waals surface area (Å²) in [6.07, 6.45) is 1.40. The first kappa shape index (κ1) is 14.3. The third-order valence-electron chi connectivity index (χ3n) is 2.60. The fourth-order valence-electron chi connectivity index (χ4n) is 1.72. The molecule has 5 nitrogen and oxygen atoms in total. The van der Waals surface area contributed by atoms with E-state index >= 15 is 0 Å². The van der Waals surface area contributed by atoms with E-state index in [0.29, 0.717) is 10.6 Å². The molecule has 0 aliphatic carbocycles. The molecule has 0 aliphatic rings. The number of benzene rings is 1. The maximum atomic E-state index is 12.3. The van der Waals surface area contributed by atoms with E-state index in [2.05, 4.69) is 4.98 Å². The number of nitriles is 1. The molecule has 0 saturated carbocycles. The number of hydrogen-bond acceptors (Lipinski definition) is 5. The number of sulfone groups is 1. The van der Waals surface area contributed by atoms with Crippen molar-refractivity contribution in [1.82, 2.24) is 4.98 Å². The van der Waals surface area contributed by atoms with Crippen molar-refractivity contribution in [2.75, 3.05) is 5.73 Å². The molecule has 0 atom stereocenters. The van der Waals surface area contributed by atoms with Gasteiger partial charge in [0, 0.05) is 11.2 Å². The molecule has 2 N–H and O–H groups in total. The van der Waals surface area contributed by atoms with Gasteiger partial charge in [-0.3, -0.25) is 0 Å². The van der Waals surface area contributed by atoms with Gasteiger partial charge in [0.15, 0.2) is 9.84 Å². The molecule has 0 fully saturated rings. The van der Waals surface area contributed by atoms with E-state index in [1.165, 1.54) is 30.5 Å². The van der Waals surface area contributed by atoms with Gasteiger partial charge in [0.2, 0.25) is 0 Å². The summed E-state index contributed by atoms with van der Waals surface area (Å²) in [7, 11) is -3.61. The Balaban J connectivity index is 2.38. The Kier molecular flexibility index (Phi) is 3.93. The zero-order chi connectivity index (χ0) is 14.8. The Labute approximate surface area is 121 Å². The molecule has 0 aliphatic heterocycles. The van der Waals surface area contributed by atoms with Crippen LogP contribution in [0.5, 0.6) is 0 Å². The molecule has 1 heterocycles. The smallest absolute Gasteiger partial charge is 0.184 e. The summed E-state index contributed by atoms with van der Waals surface area (Å²) in [5, 5.41) is 9.13. The number of anilines is 1. The molecule has 2 aromatic rings. The van der Waals surface area contributed by atoms with Gasteiger partial charge in [-0.15, -0.1) is 0 Å². The van der Waals surface area contributed by atoms with Crippen LogP contribution in [0.15, 0.2) is 41.4 Å². The predicted molar refractivity (Wildman–Crippen MR) is 75.7 cm³/mol. The van der Waals surface area contributed by atoms with Gasteiger partial charge in [-0.1, -0.05) is 11.6 Å². The Morgan fingerprint density at radius 3 is 2.70 bits per heavy atom. The van der Waals surface area contributed by atoms with E-state index in [0.717, 1.165) is 0 Å². The number of rotatable bonds is 3. The molecule has 7 heteroatoms. The van der Waals surface area contributed by atoms with Crippen LogP contribution in [0.1, 0.15) is 11.3 Å². The summed E-state index contributed by atoms with van der Waals surface area (Å²) >= 11 is 5.75. The maximum Gasteiger partial charge on any atom is 0.184 e. The first-order valence-electron chi connectivity index (χ1n) is 5.55. The Morgan fingerprint density at radius 2 is 2.05 bits per heavy atom. The first-order valence-corrected chi connectivity index (χ1v) is 7.58. The zero-order valence-electron chi connectivity index (χ0n) is 10.2. The van der Waals surface area contributed by atoms with Crippen LogP contribution in [0.4, 0.5) is 5.69 Å². The average Bonchev–Trinajstić information content (AvgIpc) is 2.37. The van der Waals surface area contributed by atoms with Crippen molar-refractivity contribution in [2.45, 2.75) is 10.6 Å². The Morgan fingerprint density at radius 1 is 1.30 bits per heavy atom. The molecule has 0 unspecified atom stereocenters. The lowest BCUT2D eigenvalue weighted by Crippen LogP contribution is -2.08. The molecule has 2 rings (SSSR count). The lowest BCUT2D eigenvalue weighted by atomic mass is 10.2. The minimum Gasteiger partial charge on any atom is -0.398 e. The van der Waals surface area contributed by atoms with Crippen molar-refractivity contribution in [3.05, 3.63) is 52.8 Å². The SMILES string of the molecule is N#Cc1cc(CS(=O)(=O)c2ccc(Cl)cc2N)ccn1. The molecule has 0 amide bonds. The van der Waals surface area contributed by atoms with Crippen LogP contribution < -0.4 is 5.73 Å². The second-order valence-corrected chi connectivity index (χ2v) is 6.50. The van der Waals surface area contributed by atoms with E-state index in [1.54, 1.807) is 6.07 Å². The summed E-state index contributed by atoms with van der Waals surface area (Å²) in [6.45, 7) is 0. The number of halogens is 1. The molecule has 0 bridgehead atoms. The molecule has 1 aromatic heterocycles. The number of hydrogen-bond donors (Lipinski definition) is 1. The van der Waals surface area contributed by atoms with Gasteiger partial charge in [0.25, 0.3) is 0 Å². The van der Waals surface area contributed by atoms with Crippen LogP contribution in [0.25, 0.3) is 0 Å². The average molecular weight is 308 g/mol. The lowest BCUT2D eigenvalue weighted by molar-refractivity contribution is 0.595. The van der Waals surface area contributed by atoms with Gasteiger partial charge in [0.1, 0.15) is 11.8 Å². The van der Waals surface area contributed by atoms with Crippen molar-refractivity contribution in [2.24, 2.45) is 0 Å². The molecule has 0 spiro atoms. The van der Waals surface area contributed by atoms with Crippen LogP contribution in [-0.2, 0) is 15.6 Å². The van der Waals surface area contributed by atoms with Crippen LogP contribution in [0.3, 0.4) is 0 Å². The van der Waals surface area contributed by atoms with E-state index in [9.17, 15) is 8.42 Å². The number of nitrogens with two attached hydrogens (primary N) is 1. The predicted octanol–water partition coefficient (Wildman–Crippen LogP) is 2.16. The largest absolute Gasteiger partial charge is 0.398 e. The van der Waals surface area contributed by atoms with Gasteiger partial charge in [0.05, 0.1) is 16.3 Å². The summed E-state index contributed by atoms with van der Waals surface area (Å²) < 4.78 is 24.6. The minimum absolute atomic E-state index is 0.0252. The van der Waals surface area contributed by atoms with E-state index < -0.39 is 9.84 Å². The Hall–Kier alpha value is -2.10. The quantitative estimate of drug-likeness (QED) is 0.876. The fraction of sp³-hybridized carbons (Fsp3) is 0.0769. The number of aromatic nitrogens is 1. The topological polar surface area (TPSA) is 96.8 Å². The van der Waals surface area contributed by atoms with Crippen molar-refractivity contribution in [3.8, 4) is 6.07 Å². The highest BCUT2D eigenvalue weighted by atomic mass is 35.5. The van der Waals surface area contributed by atoms with Gasteiger partial charge in [-0.05, 0) is 35.9 Å². The van der Waals surface area contributed by atoms with Gasteiger partial charge in [-0.2, -0.15) is 5.26 Å².